The van der Waals surface area contributed by atoms with Gasteiger partial charge in [0.25, 0.3) is 5.91 Å². The molecule has 0 heterocycles. The molecule has 23 heavy (non-hydrogen) atoms. The average molecular weight is 316 g/mol. The van der Waals surface area contributed by atoms with Crippen molar-refractivity contribution in [2.24, 2.45) is 0 Å². The number of rotatable bonds is 6. The number of hydrogen-bond acceptors (Lipinski definition) is 3. The van der Waals surface area contributed by atoms with Crippen LogP contribution in [0.2, 0.25) is 0 Å². The second kappa shape index (κ2) is 7.74. The van der Waals surface area contributed by atoms with E-state index in [2.05, 4.69) is 5.32 Å². The number of carbonyl (C=O) groups is 1. The fraction of sp³-hybridized carbons (Fsp3) is 0.278. The molecule has 4 nitrogen and oxygen atoms in total. The van der Waals surface area contributed by atoms with Gasteiger partial charge in [0.1, 0.15) is 11.6 Å². The van der Waals surface area contributed by atoms with E-state index >= 15 is 0 Å². The van der Waals surface area contributed by atoms with Crippen LogP contribution in [0.15, 0.2) is 48.5 Å². The van der Waals surface area contributed by atoms with Gasteiger partial charge in [-0.1, -0.05) is 18.2 Å². The zero-order chi connectivity index (χ0) is 16.8. The topological polar surface area (TPSA) is 41.6 Å². The molecule has 1 amide bonds. The molecule has 0 aliphatic carbocycles. The van der Waals surface area contributed by atoms with Gasteiger partial charge < -0.3 is 15.0 Å². The van der Waals surface area contributed by atoms with E-state index < -0.39 is 0 Å². The van der Waals surface area contributed by atoms with E-state index in [1.54, 1.807) is 7.11 Å². The number of hydrogen-bond donors (Lipinski definition) is 1. The molecule has 5 heteroatoms. The fourth-order valence-corrected chi connectivity index (χ4v) is 2.41. The Morgan fingerprint density at radius 3 is 2.43 bits per heavy atom. The van der Waals surface area contributed by atoms with E-state index in [1.165, 1.54) is 24.3 Å². The minimum atomic E-state index is -0.360. The standard InChI is InChI=1S/C18H21FN2O2/c1-21(2)16(15-6-4-5-7-17(15)23-3)12-20-18(22)13-8-10-14(19)11-9-13/h4-11,16H,12H2,1-3H3,(H,20,22)/t16-/m1/s1. The summed E-state index contributed by atoms with van der Waals surface area (Å²) in [5.41, 5.74) is 1.43. The average Bonchev–Trinajstić information content (AvgIpc) is 2.55. The SMILES string of the molecule is COc1ccccc1[C@@H](CNC(=O)c1ccc(F)cc1)N(C)C. The van der Waals surface area contributed by atoms with Gasteiger partial charge in [-0.3, -0.25) is 4.79 Å². The second-order valence-corrected chi connectivity index (χ2v) is 5.44. The van der Waals surface area contributed by atoms with Crippen molar-refractivity contribution in [3.05, 3.63) is 65.5 Å². The highest BCUT2D eigenvalue weighted by molar-refractivity contribution is 5.94. The maximum absolute atomic E-state index is 12.9. The van der Waals surface area contributed by atoms with Gasteiger partial charge in [0.05, 0.1) is 13.2 Å². The van der Waals surface area contributed by atoms with E-state index in [9.17, 15) is 9.18 Å². The molecule has 0 aliphatic heterocycles. The summed E-state index contributed by atoms with van der Waals surface area (Å²) >= 11 is 0. The first-order valence-corrected chi connectivity index (χ1v) is 7.36. The van der Waals surface area contributed by atoms with Crippen LogP contribution >= 0.6 is 0 Å². The summed E-state index contributed by atoms with van der Waals surface area (Å²) in [7, 11) is 5.52. The molecular weight excluding hydrogens is 295 g/mol. The highest BCUT2D eigenvalue weighted by atomic mass is 19.1. The quantitative estimate of drug-likeness (QED) is 0.891. The maximum atomic E-state index is 12.9. The number of benzene rings is 2. The summed E-state index contributed by atoms with van der Waals surface area (Å²) in [5, 5.41) is 2.89. The van der Waals surface area contributed by atoms with E-state index in [0.717, 1.165) is 11.3 Å². The number of nitrogens with zero attached hydrogens (tertiary/aromatic N) is 1. The predicted molar refractivity (Wildman–Crippen MR) is 88.2 cm³/mol. The van der Waals surface area contributed by atoms with Gasteiger partial charge in [-0.2, -0.15) is 0 Å². The van der Waals surface area contributed by atoms with Crippen molar-refractivity contribution in [1.29, 1.82) is 0 Å². The number of ether oxygens (including phenoxy) is 1. The van der Waals surface area contributed by atoms with Crippen molar-refractivity contribution in [3.63, 3.8) is 0 Å². The van der Waals surface area contributed by atoms with Crippen LogP contribution in [0.1, 0.15) is 22.0 Å². The molecule has 0 saturated carbocycles. The lowest BCUT2D eigenvalue weighted by Gasteiger charge is -2.26. The Kier molecular flexibility index (Phi) is 5.71. The zero-order valence-corrected chi connectivity index (χ0v) is 13.5. The van der Waals surface area contributed by atoms with E-state index in [4.69, 9.17) is 4.74 Å². The third-order valence-electron chi connectivity index (χ3n) is 3.68. The molecule has 122 valence electrons. The number of likely N-dealkylation sites (N-methyl/N-ethyl adjacent to an activating group) is 1. The number of para-hydroxylation sites is 1. The van der Waals surface area contributed by atoms with Crippen molar-refractivity contribution in [2.75, 3.05) is 27.7 Å². The van der Waals surface area contributed by atoms with Crippen LogP contribution in [0.25, 0.3) is 0 Å². The van der Waals surface area contributed by atoms with Crippen LogP contribution in [0, 0.1) is 5.82 Å². The van der Waals surface area contributed by atoms with Crippen molar-refractivity contribution in [3.8, 4) is 5.75 Å². The monoisotopic (exact) mass is 316 g/mol. The Balaban J connectivity index is 2.11. The van der Waals surface area contributed by atoms with Crippen LogP contribution < -0.4 is 10.1 Å². The molecule has 0 bridgehead atoms. The van der Waals surface area contributed by atoms with Gasteiger partial charge in [0, 0.05) is 17.7 Å². The summed E-state index contributed by atoms with van der Waals surface area (Å²) in [6, 6.07) is 13.2. The molecule has 0 aromatic heterocycles. The summed E-state index contributed by atoms with van der Waals surface area (Å²) in [5.74, 6) is 0.190. The molecule has 0 saturated heterocycles. The van der Waals surface area contributed by atoms with Gasteiger partial charge >= 0.3 is 0 Å². The van der Waals surface area contributed by atoms with Crippen molar-refractivity contribution >= 4 is 5.91 Å². The highest BCUT2D eigenvalue weighted by Crippen LogP contribution is 2.27. The normalized spacial score (nSPS) is 12.0. The minimum absolute atomic E-state index is 0.0319. The Hall–Kier alpha value is -2.40. The smallest absolute Gasteiger partial charge is 0.251 e. The van der Waals surface area contributed by atoms with E-state index in [-0.39, 0.29) is 17.8 Å². The lowest BCUT2D eigenvalue weighted by Crippen LogP contribution is -2.34. The largest absolute Gasteiger partial charge is 0.496 e. The molecule has 0 spiro atoms. The third-order valence-corrected chi connectivity index (χ3v) is 3.68. The van der Waals surface area contributed by atoms with Crippen molar-refractivity contribution < 1.29 is 13.9 Å². The summed E-state index contributed by atoms with van der Waals surface area (Å²) in [4.78, 5) is 14.2. The number of nitrogens with one attached hydrogen (secondary N) is 1. The van der Waals surface area contributed by atoms with Crippen LogP contribution in [0.4, 0.5) is 4.39 Å². The lowest BCUT2D eigenvalue weighted by atomic mass is 10.0. The van der Waals surface area contributed by atoms with Crippen LogP contribution in [-0.2, 0) is 0 Å². The summed E-state index contributed by atoms with van der Waals surface area (Å²) in [6.45, 7) is 0.420. The van der Waals surface area contributed by atoms with Gasteiger partial charge in [-0.05, 0) is 44.4 Å². The van der Waals surface area contributed by atoms with E-state index in [1.807, 2.05) is 43.3 Å². The Morgan fingerprint density at radius 2 is 1.83 bits per heavy atom. The lowest BCUT2D eigenvalue weighted by molar-refractivity contribution is 0.0941. The Labute approximate surface area is 135 Å². The fourth-order valence-electron chi connectivity index (χ4n) is 2.41. The van der Waals surface area contributed by atoms with Crippen molar-refractivity contribution in [2.45, 2.75) is 6.04 Å². The van der Waals surface area contributed by atoms with Gasteiger partial charge in [-0.25, -0.2) is 4.39 Å². The molecule has 0 unspecified atom stereocenters. The van der Waals surface area contributed by atoms with Gasteiger partial charge in [-0.15, -0.1) is 0 Å². The number of carbonyl (C=O) groups excluding carboxylic acids is 1. The summed E-state index contributed by atoms with van der Waals surface area (Å²) < 4.78 is 18.3. The highest BCUT2D eigenvalue weighted by Gasteiger charge is 2.19. The third kappa shape index (κ3) is 4.29. The molecule has 2 aromatic rings. The predicted octanol–water partition coefficient (Wildman–Crippen LogP) is 2.87. The minimum Gasteiger partial charge on any atom is -0.496 e. The van der Waals surface area contributed by atoms with Crippen LogP contribution in [0.5, 0.6) is 5.75 Å². The van der Waals surface area contributed by atoms with E-state index in [0.29, 0.717) is 12.1 Å². The zero-order valence-electron chi connectivity index (χ0n) is 13.5. The maximum Gasteiger partial charge on any atom is 0.251 e. The second-order valence-electron chi connectivity index (χ2n) is 5.44. The Morgan fingerprint density at radius 1 is 1.17 bits per heavy atom. The molecule has 0 aliphatic rings. The van der Waals surface area contributed by atoms with Crippen LogP contribution in [0.3, 0.4) is 0 Å². The Bertz CT molecular complexity index is 656. The first-order valence-electron chi connectivity index (χ1n) is 7.36. The van der Waals surface area contributed by atoms with Gasteiger partial charge in [0.2, 0.25) is 0 Å². The molecule has 0 fully saturated rings. The first kappa shape index (κ1) is 17.0. The molecule has 2 aromatic carbocycles. The molecular formula is C18H21FN2O2. The van der Waals surface area contributed by atoms with Gasteiger partial charge in [0.15, 0.2) is 0 Å². The summed E-state index contributed by atoms with van der Waals surface area (Å²) in [6.07, 6.45) is 0. The molecule has 1 N–H and O–H groups in total. The molecule has 0 radical (unpaired) electrons. The number of methoxy groups -OCH3 is 1. The molecule has 1 atom stereocenters. The molecule has 2 rings (SSSR count). The number of halogens is 1. The first-order chi connectivity index (χ1) is 11.0. The van der Waals surface area contributed by atoms with Crippen LogP contribution in [-0.4, -0.2) is 38.6 Å². The number of amides is 1. The van der Waals surface area contributed by atoms with Crippen molar-refractivity contribution in [1.82, 2.24) is 10.2 Å².